The monoisotopic (exact) mass is 264 g/mol. The summed E-state index contributed by atoms with van der Waals surface area (Å²) >= 11 is 0. The van der Waals surface area contributed by atoms with Crippen LogP contribution in [0.2, 0.25) is 0 Å². The molecule has 0 amide bonds. The maximum atomic E-state index is 13.7. The quantitative estimate of drug-likeness (QED) is 0.922. The van der Waals surface area contributed by atoms with Gasteiger partial charge in [-0.15, -0.1) is 0 Å². The van der Waals surface area contributed by atoms with Crippen molar-refractivity contribution >= 4 is 5.97 Å². The maximum absolute atomic E-state index is 13.7. The van der Waals surface area contributed by atoms with Gasteiger partial charge < -0.3 is 9.84 Å². The minimum Gasteiger partial charge on any atom is -0.486 e. The van der Waals surface area contributed by atoms with Gasteiger partial charge in [0.2, 0.25) is 0 Å². The molecule has 0 aliphatic rings. The lowest BCUT2D eigenvalue weighted by Gasteiger charge is -2.09. The van der Waals surface area contributed by atoms with Crippen LogP contribution in [0.1, 0.15) is 15.9 Å². The predicted octanol–water partition coefficient (Wildman–Crippen LogP) is 3.24. The molecular formula is C14H10F2O3. The number of hydrogen-bond donors (Lipinski definition) is 1. The first kappa shape index (κ1) is 13.0. The van der Waals surface area contributed by atoms with E-state index in [9.17, 15) is 13.6 Å². The van der Waals surface area contributed by atoms with E-state index < -0.39 is 28.9 Å². The van der Waals surface area contributed by atoms with Gasteiger partial charge in [-0.25, -0.2) is 13.6 Å². The van der Waals surface area contributed by atoms with Crippen LogP contribution in [-0.2, 0) is 6.61 Å². The number of carbonyl (C=O) groups is 1. The third kappa shape index (κ3) is 3.07. The van der Waals surface area contributed by atoms with E-state index in [0.717, 1.165) is 11.6 Å². The van der Waals surface area contributed by atoms with Crippen molar-refractivity contribution in [1.29, 1.82) is 0 Å². The molecule has 0 aromatic heterocycles. The highest BCUT2D eigenvalue weighted by Gasteiger charge is 2.17. The number of benzene rings is 2. The van der Waals surface area contributed by atoms with Gasteiger partial charge in [-0.1, -0.05) is 30.3 Å². The van der Waals surface area contributed by atoms with Crippen LogP contribution in [0.15, 0.2) is 42.5 Å². The van der Waals surface area contributed by atoms with E-state index in [1.807, 2.05) is 6.07 Å². The number of hydrogen-bond acceptors (Lipinski definition) is 2. The second-order valence-electron chi connectivity index (χ2n) is 3.84. The lowest BCUT2D eigenvalue weighted by Crippen LogP contribution is -2.05. The Labute approximate surface area is 108 Å². The molecule has 5 heteroatoms. The van der Waals surface area contributed by atoms with Gasteiger partial charge in [-0.3, -0.25) is 0 Å². The van der Waals surface area contributed by atoms with Crippen LogP contribution >= 0.6 is 0 Å². The zero-order valence-corrected chi connectivity index (χ0v) is 9.77. The molecule has 1 N–H and O–H groups in total. The molecule has 0 saturated heterocycles. The van der Waals surface area contributed by atoms with E-state index in [4.69, 9.17) is 9.84 Å². The lowest BCUT2D eigenvalue weighted by atomic mass is 10.2. The summed E-state index contributed by atoms with van der Waals surface area (Å²) in [6.45, 7) is 0.0280. The van der Waals surface area contributed by atoms with Gasteiger partial charge in [0.25, 0.3) is 0 Å². The Kier molecular flexibility index (Phi) is 3.75. The van der Waals surface area contributed by atoms with Crippen molar-refractivity contribution in [2.45, 2.75) is 6.61 Å². The molecule has 2 aromatic rings. The Balaban J connectivity index is 2.23. The van der Waals surface area contributed by atoms with Crippen molar-refractivity contribution in [2.75, 3.05) is 0 Å². The van der Waals surface area contributed by atoms with Crippen LogP contribution in [0.25, 0.3) is 0 Å². The van der Waals surface area contributed by atoms with Crippen LogP contribution in [0, 0.1) is 11.6 Å². The zero-order valence-electron chi connectivity index (χ0n) is 9.77. The highest BCUT2D eigenvalue weighted by atomic mass is 19.1. The average Bonchev–Trinajstić information content (AvgIpc) is 2.40. The Hall–Kier alpha value is -2.43. The van der Waals surface area contributed by atoms with Gasteiger partial charge >= 0.3 is 5.97 Å². The second kappa shape index (κ2) is 5.48. The van der Waals surface area contributed by atoms with E-state index >= 15 is 0 Å². The number of halogens is 2. The zero-order chi connectivity index (χ0) is 13.8. The number of aromatic carboxylic acids is 1. The lowest BCUT2D eigenvalue weighted by molar-refractivity contribution is 0.0690. The van der Waals surface area contributed by atoms with E-state index in [0.29, 0.717) is 6.07 Å². The van der Waals surface area contributed by atoms with Gasteiger partial charge in [-0.2, -0.15) is 0 Å². The van der Waals surface area contributed by atoms with Gasteiger partial charge in [0, 0.05) is 6.07 Å². The molecule has 0 fully saturated rings. The fourth-order valence-corrected chi connectivity index (χ4v) is 1.56. The summed E-state index contributed by atoms with van der Waals surface area (Å²) in [6.07, 6.45) is 0. The molecule has 2 aromatic carbocycles. The van der Waals surface area contributed by atoms with Gasteiger partial charge in [-0.05, 0) is 11.6 Å². The van der Waals surface area contributed by atoms with E-state index in [-0.39, 0.29) is 6.61 Å². The van der Waals surface area contributed by atoms with Crippen molar-refractivity contribution < 1.29 is 23.4 Å². The smallest absolute Gasteiger partial charge is 0.338 e. The summed E-state index contributed by atoms with van der Waals surface area (Å²) in [5.41, 5.74) is 0.0195. The molecular weight excluding hydrogens is 254 g/mol. The molecule has 0 spiro atoms. The molecule has 0 saturated carbocycles. The Morgan fingerprint density at radius 1 is 1.16 bits per heavy atom. The molecule has 0 atom stereocenters. The highest BCUT2D eigenvalue weighted by Crippen LogP contribution is 2.23. The molecule has 2 rings (SSSR count). The Morgan fingerprint density at radius 2 is 1.84 bits per heavy atom. The second-order valence-corrected chi connectivity index (χ2v) is 3.84. The van der Waals surface area contributed by atoms with Crippen LogP contribution in [0.3, 0.4) is 0 Å². The summed E-state index contributed by atoms with van der Waals surface area (Å²) in [4.78, 5) is 10.7. The van der Waals surface area contributed by atoms with Crippen molar-refractivity contribution in [3.05, 3.63) is 65.2 Å². The third-order valence-electron chi connectivity index (χ3n) is 2.47. The van der Waals surface area contributed by atoms with Crippen LogP contribution < -0.4 is 4.74 Å². The predicted molar refractivity (Wildman–Crippen MR) is 64.1 cm³/mol. The summed E-state index contributed by atoms with van der Waals surface area (Å²) in [5, 5.41) is 8.74. The minimum atomic E-state index is -1.54. The number of ether oxygens (including phenoxy) is 1. The topological polar surface area (TPSA) is 46.5 Å². The molecule has 0 aliphatic heterocycles. The third-order valence-corrected chi connectivity index (χ3v) is 2.47. The summed E-state index contributed by atoms with van der Waals surface area (Å²) in [7, 11) is 0. The van der Waals surface area contributed by atoms with Gasteiger partial charge in [0.05, 0.1) is 0 Å². The largest absolute Gasteiger partial charge is 0.486 e. The molecule has 19 heavy (non-hydrogen) atoms. The summed E-state index contributed by atoms with van der Waals surface area (Å²) in [6, 6.07) is 10.3. The van der Waals surface area contributed by atoms with E-state index in [1.54, 1.807) is 24.3 Å². The Morgan fingerprint density at radius 3 is 2.47 bits per heavy atom. The summed E-state index contributed by atoms with van der Waals surface area (Å²) < 4.78 is 32.0. The van der Waals surface area contributed by atoms with Crippen molar-refractivity contribution in [3.8, 4) is 5.75 Å². The average molecular weight is 264 g/mol. The molecule has 0 heterocycles. The van der Waals surface area contributed by atoms with E-state index in [1.165, 1.54) is 0 Å². The standard InChI is InChI=1S/C14H10F2O3/c15-10-6-11(14(17)18)13(16)12(7-10)19-8-9-4-2-1-3-5-9/h1-7H,8H2,(H,17,18). The number of carboxylic acids is 1. The Bertz CT molecular complexity index is 597. The first-order valence-electron chi connectivity index (χ1n) is 5.47. The van der Waals surface area contributed by atoms with Gasteiger partial charge in [0.15, 0.2) is 11.6 Å². The van der Waals surface area contributed by atoms with E-state index in [2.05, 4.69) is 0 Å². The molecule has 0 aliphatic carbocycles. The molecule has 98 valence electrons. The first-order valence-corrected chi connectivity index (χ1v) is 5.47. The normalized spacial score (nSPS) is 10.2. The molecule has 0 bridgehead atoms. The van der Waals surface area contributed by atoms with Crippen molar-refractivity contribution in [2.24, 2.45) is 0 Å². The fraction of sp³-hybridized carbons (Fsp3) is 0.0714. The first-order chi connectivity index (χ1) is 9.08. The SMILES string of the molecule is O=C(O)c1cc(F)cc(OCc2ccccc2)c1F. The number of rotatable bonds is 4. The van der Waals surface area contributed by atoms with Crippen LogP contribution in [0.4, 0.5) is 8.78 Å². The molecule has 0 unspecified atom stereocenters. The molecule has 0 radical (unpaired) electrons. The number of carboxylic acid groups (broad SMARTS) is 1. The van der Waals surface area contributed by atoms with Gasteiger partial charge in [0.1, 0.15) is 18.0 Å². The van der Waals surface area contributed by atoms with Crippen LogP contribution in [0.5, 0.6) is 5.75 Å². The molecule has 3 nitrogen and oxygen atoms in total. The highest BCUT2D eigenvalue weighted by molar-refractivity contribution is 5.88. The fourth-order valence-electron chi connectivity index (χ4n) is 1.56. The minimum absolute atomic E-state index is 0.0280. The van der Waals surface area contributed by atoms with Crippen molar-refractivity contribution in [3.63, 3.8) is 0 Å². The van der Waals surface area contributed by atoms with Crippen LogP contribution in [-0.4, -0.2) is 11.1 Å². The summed E-state index contributed by atoms with van der Waals surface area (Å²) in [5.74, 6) is -3.89. The maximum Gasteiger partial charge on any atom is 0.338 e. The van der Waals surface area contributed by atoms with Crippen molar-refractivity contribution in [1.82, 2.24) is 0 Å².